The Bertz CT molecular complexity index is 471. The molecule has 2 nitrogen and oxygen atoms in total. The van der Waals surface area contributed by atoms with Gasteiger partial charge in [-0.25, -0.2) is 0 Å². The van der Waals surface area contributed by atoms with Gasteiger partial charge in [-0.2, -0.15) is 0 Å². The third-order valence-electron chi connectivity index (χ3n) is 5.34. The third kappa shape index (κ3) is 1.59. The first-order valence-electron chi connectivity index (χ1n) is 7.01. The Morgan fingerprint density at radius 2 is 1.94 bits per heavy atom. The van der Waals surface area contributed by atoms with Crippen LogP contribution in [0, 0.1) is 23.7 Å². The van der Waals surface area contributed by atoms with Gasteiger partial charge in [-0.3, -0.25) is 0 Å². The molecule has 0 amide bonds. The second kappa shape index (κ2) is 3.88. The fourth-order valence-electron chi connectivity index (χ4n) is 4.54. The smallest absolute Gasteiger partial charge is 0.0635 e. The van der Waals surface area contributed by atoms with Crippen LogP contribution in [0.3, 0.4) is 0 Å². The zero-order chi connectivity index (χ0) is 12.3. The number of nitrogens with two attached hydrogens (primary N) is 1. The lowest BCUT2D eigenvalue weighted by molar-refractivity contribution is 0.456. The summed E-state index contributed by atoms with van der Waals surface area (Å²) in [5.74, 6) is 4.06. The van der Waals surface area contributed by atoms with E-state index in [0.717, 1.165) is 36.3 Å². The summed E-state index contributed by atoms with van der Waals surface area (Å²) in [6.07, 6.45) is 4.48. The minimum atomic E-state index is 0.653. The van der Waals surface area contributed by atoms with E-state index in [2.05, 4.69) is 11.4 Å². The molecule has 4 unspecified atom stereocenters. The van der Waals surface area contributed by atoms with Gasteiger partial charge in [0.15, 0.2) is 0 Å². The molecule has 3 N–H and O–H groups in total. The summed E-state index contributed by atoms with van der Waals surface area (Å²) in [7, 11) is 0. The van der Waals surface area contributed by atoms with Crippen LogP contribution in [0.25, 0.3) is 0 Å². The molecule has 0 heterocycles. The van der Waals surface area contributed by atoms with E-state index in [0.29, 0.717) is 10.7 Å². The number of hydrogen-bond donors (Lipinski definition) is 2. The first-order valence-corrected chi connectivity index (χ1v) is 7.39. The predicted molar refractivity (Wildman–Crippen MR) is 74.3 cm³/mol. The van der Waals surface area contributed by atoms with Gasteiger partial charge in [0.05, 0.1) is 10.7 Å². The second-order valence-electron chi connectivity index (χ2n) is 6.25. The Morgan fingerprint density at radius 1 is 1.22 bits per heavy atom. The average Bonchev–Trinajstić information content (AvgIpc) is 2.76. The molecule has 0 radical (unpaired) electrons. The monoisotopic (exact) mass is 262 g/mol. The van der Waals surface area contributed by atoms with Crippen molar-refractivity contribution in [2.24, 2.45) is 23.7 Å². The molecule has 2 bridgehead atoms. The molecule has 0 spiro atoms. The molecular weight excluding hydrogens is 244 g/mol. The molecule has 4 atom stereocenters. The van der Waals surface area contributed by atoms with Crippen LogP contribution in [0.1, 0.15) is 24.8 Å². The van der Waals surface area contributed by atoms with Gasteiger partial charge in [-0.1, -0.05) is 17.7 Å². The lowest BCUT2D eigenvalue weighted by Crippen LogP contribution is -2.22. The van der Waals surface area contributed by atoms with E-state index in [4.69, 9.17) is 17.3 Å². The highest BCUT2D eigenvalue weighted by Gasteiger charge is 2.64. The molecule has 0 aliphatic heterocycles. The van der Waals surface area contributed by atoms with Crippen LogP contribution in [0.4, 0.5) is 5.69 Å². The zero-order valence-corrected chi connectivity index (χ0v) is 11.2. The molecule has 0 saturated heterocycles. The number of anilines is 1. The zero-order valence-electron chi connectivity index (χ0n) is 10.4. The predicted octanol–water partition coefficient (Wildman–Crippen LogP) is 3.06. The van der Waals surface area contributed by atoms with Crippen molar-refractivity contribution in [3.05, 3.63) is 28.8 Å². The summed E-state index contributed by atoms with van der Waals surface area (Å²) in [4.78, 5) is 0. The number of nitrogen functional groups attached to an aromatic ring is 1. The normalized spacial score (nSPS) is 39.9. The van der Waals surface area contributed by atoms with Crippen LogP contribution in [-0.2, 0) is 6.54 Å². The minimum absolute atomic E-state index is 0.653. The third-order valence-corrected chi connectivity index (χ3v) is 5.68. The number of rotatable bonds is 3. The summed E-state index contributed by atoms with van der Waals surface area (Å²) in [5.41, 5.74) is 7.76. The molecule has 3 aliphatic carbocycles. The summed E-state index contributed by atoms with van der Waals surface area (Å²) in [5, 5.41) is 4.38. The topological polar surface area (TPSA) is 38.0 Å². The highest BCUT2D eigenvalue weighted by Crippen LogP contribution is 2.65. The summed E-state index contributed by atoms with van der Waals surface area (Å²) in [6.45, 7) is 0.929. The molecule has 18 heavy (non-hydrogen) atoms. The lowest BCUT2D eigenvalue weighted by Gasteiger charge is -2.11. The fourth-order valence-corrected chi connectivity index (χ4v) is 4.65. The SMILES string of the molecule is Nc1cc(CNC2C3C4CCC(C4)C23)ccc1Cl. The van der Waals surface area contributed by atoms with Gasteiger partial charge in [-0.05, 0) is 60.6 Å². The van der Waals surface area contributed by atoms with Crippen LogP contribution >= 0.6 is 11.6 Å². The number of nitrogens with one attached hydrogen (secondary N) is 1. The van der Waals surface area contributed by atoms with E-state index in [9.17, 15) is 0 Å². The Hall–Kier alpha value is -0.730. The van der Waals surface area contributed by atoms with Crippen molar-refractivity contribution in [3.63, 3.8) is 0 Å². The van der Waals surface area contributed by atoms with Gasteiger partial charge in [0.2, 0.25) is 0 Å². The first-order chi connectivity index (χ1) is 8.74. The van der Waals surface area contributed by atoms with Crippen LogP contribution in [-0.4, -0.2) is 6.04 Å². The molecule has 3 aliphatic rings. The van der Waals surface area contributed by atoms with Gasteiger partial charge in [0, 0.05) is 12.6 Å². The molecular formula is C15H19ClN2. The van der Waals surface area contributed by atoms with Crippen LogP contribution in [0.5, 0.6) is 0 Å². The van der Waals surface area contributed by atoms with Gasteiger partial charge >= 0.3 is 0 Å². The van der Waals surface area contributed by atoms with Gasteiger partial charge in [-0.15, -0.1) is 0 Å². The minimum Gasteiger partial charge on any atom is -0.398 e. The molecule has 1 aromatic carbocycles. The molecule has 3 heteroatoms. The van der Waals surface area contributed by atoms with E-state index in [1.807, 2.05) is 12.1 Å². The summed E-state index contributed by atoms with van der Waals surface area (Å²) in [6, 6.07) is 6.74. The van der Waals surface area contributed by atoms with Gasteiger partial charge in [0.1, 0.15) is 0 Å². The van der Waals surface area contributed by atoms with Crippen LogP contribution < -0.4 is 11.1 Å². The van der Waals surface area contributed by atoms with Crippen molar-refractivity contribution in [1.82, 2.24) is 5.32 Å². The molecule has 1 aromatic rings. The fraction of sp³-hybridized carbons (Fsp3) is 0.600. The largest absolute Gasteiger partial charge is 0.398 e. The Kier molecular flexibility index (Phi) is 2.40. The van der Waals surface area contributed by atoms with E-state index >= 15 is 0 Å². The van der Waals surface area contributed by atoms with E-state index in [1.54, 1.807) is 0 Å². The molecule has 3 saturated carbocycles. The summed E-state index contributed by atoms with van der Waals surface area (Å²) >= 11 is 5.93. The standard InChI is InChI=1S/C15H19ClN2/c16-11-4-1-8(5-12(11)17)7-18-15-13-9-2-3-10(6-9)14(13)15/h1,4-5,9-10,13-15,18H,2-3,6-7,17H2. The highest BCUT2D eigenvalue weighted by molar-refractivity contribution is 6.33. The number of benzene rings is 1. The molecule has 3 fully saturated rings. The van der Waals surface area contributed by atoms with Crippen molar-refractivity contribution in [1.29, 1.82) is 0 Å². The maximum absolute atomic E-state index is 5.93. The van der Waals surface area contributed by atoms with Crippen molar-refractivity contribution in [2.45, 2.75) is 31.8 Å². The van der Waals surface area contributed by atoms with Crippen LogP contribution in [0.2, 0.25) is 5.02 Å². The maximum Gasteiger partial charge on any atom is 0.0635 e. The highest BCUT2D eigenvalue weighted by atomic mass is 35.5. The maximum atomic E-state index is 5.93. The van der Waals surface area contributed by atoms with Gasteiger partial charge in [0.25, 0.3) is 0 Å². The number of halogens is 1. The molecule has 4 rings (SSSR count). The van der Waals surface area contributed by atoms with Crippen molar-refractivity contribution in [3.8, 4) is 0 Å². The number of fused-ring (bicyclic) bond motifs is 5. The van der Waals surface area contributed by atoms with Crippen LogP contribution in [0.15, 0.2) is 18.2 Å². The quantitative estimate of drug-likeness (QED) is 0.822. The summed E-state index contributed by atoms with van der Waals surface area (Å²) < 4.78 is 0. The Morgan fingerprint density at radius 3 is 2.61 bits per heavy atom. The average molecular weight is 263 g/mol. The molecule has 0 aromatic heterocycles. The Balaban J connectivity index is 1.39. The van der Waals surface area contributed by atoms with Crippen molar-refractivity contribution < 1.29 is 0 Å². The van der Waals surface area contributed by atoms with Crippen molar-refractivity contribution in [2.75, 3.05) is 5.73 Å². The number of hydrogen-bond acceptors (Lipinski definition) is 2. The van der Waals surface area contributed by atoms with Crippen molar-refractivity contribution >= 4 is 17.3 Å². The second-order valence-corrected chi connectivity index (χ2v) is 6.66. The van der Waals surface area contributed by atoms with E-state index in [-0.39, 0.29) is 0 Å². The Labute approximate surface area is 113 Å². The molecule has 96 valence electrons. The van der Waals surface area contributed by atoms with Gasteiger partial charge < -0.3 is 11.1 Å². The van der Waals surface area contributed by atoms with E-state index < -0.39 is 0 Å². The first kappa shape index (κ1) is 11.1. The lowest BCUT2D eigenvalue weighted by atomic mass is 10.0. The van der Waals surface area contributed by atoms with E-state index in [1.165, 1.54) is 24.8 Å².